The molecule has 0 aliphatic rings. The van der Waals surface area contributed by atoms with Crippen LogP contribution >= 0.6 is 0 Å². The summed E-state index contributed by atoms with van der Waals surface area (Å²) in [5, 5.41) is 14.2. The number of carbonyl (C=O) groups is 2. The van der Waals surface area contributed by atoms with E-state index in [9.17, 15) is 9.59 Å². The predicted molar refractivity (Wildman–Crippen MR) is 76.2 cm³/mol. The molecule has 0 fully saturated rings. The summed E-state index contributed by atoms with van der Waals surface area (Å²) in [6.45, 7) is 8.18. The van der Waals surface area contributed by atoms with Gasteiger partial charge in [-0.1, -0.05) is 40.0 Å². The van der Waals surface area contributed by atoms with Crippen molar-refractivity contribution in [3.63, 3.8) is 0 Å². The highest BCUT2D eigenvalue weighted by Crippen LogP contribution is 2.08. The van der Waals surface area contributed by atoms with Gasteiger partial charge in [0.15, 0.2) is 0 Å². The third-order valence-corrected chi connectivity index (χ3v) is 2.98. The molecule has 0 saturated carbocycles. The van der Waals surface area contributed by atoms with Crippen LogP contribution in [0, 0.1) is 5.92 Å². The summed E-state index contributed by atoms with van der Waals surface area (Å²) in [6, 6.07) is -1.12. The number of carboxylic acids is 1. The molecule has 0 heterocycles. The molecular weight excluding hydrogens is 244 g/mol. The topological polar surface area (TPSA) is 78.4 Å². The molecule has 0 spiro atoms. The van der Waals surface area contributed by atoms with E-state index in [-0.39, 0.29) is 6.04 Å². The average Bonchev–Trinajstić information content (AvgIpc) is 2.27. The highest BCUT2D eigenvalue weighted by molar-refractivity contribution is 5.82. The number of hydrogen-bond donors (Lipinski definition) is 3. The van der Waals surface area contributed by atoms with Crippen molar-refractivity contribution in [3.05, 3.63) is 0 Å². The lowest BCUT2D eigenvalue weighted by Crippen LogP contribution is -2.48. The van der Waals surface area contributed by atoms with Gasteiger partial charge in [0.25, 0.3) is 0 Å². The van der Waals surface area contributed by atoms with Gasteiger partial charge >= 0.3 is 12.0 Å². The molecular formula is C14H28N2O3. The Labute approximate surface area is 116 Å². The Morgan fingerprint density at radius 3 is 2.16 bits per heavy atom. The number of carbonyl (C=O) groups excluding carboxylic acids is 1. The molecule has 5 heteroatoms. The Morgan fingerprint density at radius 1 is 1.05 bits per heavy atom. The van der Waals surface area contributed by atoms with Crippen molar-refractivity contribution in [2.45, 2.75) is 71.9 Å². The first-order valence-corrected chi connectivity index (χ1v) is 7.16. The van der Waals surface area contributed by atoms with E-state index >= 15 is 0 Å². The van der Waals surface area contributed by atoms with Gasteiger partial charge in [-0.15, -0.1) is 0 Å². The zero-order valence-corrected chi connectivity index (χ0v) is 12.5. The Kier molecular flexibility index (Phi) is 9.00. The average molecular weight is 272 g/mol. The minimum atomic E-state index is -0.982. The molecule has 112 valence electrons. The molecule has 19 heavy (non-hydrogen) atoms. The SMILES string of the molecule is CCC[C@@H](NC(=O)NC(C)CCCC(C)C)C(=O)O. The molecule has 0 radical (unpaired) electrons. The third kappa shape index (κ3) is 9.33. The maximum Gasteiger partial charge on any atom is 0.326 e. The van der Waals surface area contributed by atoms with Crippen LogP contribution < -0.4 is 10.6 Å². The van der Waals surface area contributed by atoms with E-state index in [0.29, 0.717) is 12.3 Å². The summed E-state index contributed by atoms with van der Waals surface area (Å²) in [7, 11) is 0. The summed E-state index contributed by atoms with van der Waals surface area (Å²) >= 11 is 0. The number of aliphatic carboxylic acids is 1. The van der Waals surface area contributed by atoms with Crippen molar-refractivity contribution in [1.82, 2.24) is 10.6 Å². The fourth-order valence-corrected chi connectivity index (χ4v) is 1.87. The van der Waals surface area contributed by atoms with Crippen LogP contribution in [-0.2, 0) is 4.79 Å². The summed E-state index contributed by atoms with van der Waals surface area (Å²) in [5.74, 6) is -0.313. The van der Waals surface area contributed by atoms with Crippen LogP contribution in [0.4, 0.5) is 4.79 Å². The fraction of sp³-hybridized carbons (Fsp3) is 0.857. The van der Waals surface area contributed by atoms with Crippen LogP contribution in [0.3, 0.4) is 0 Å². The highest BCUT2D eigenvalue weighted by Gasteiger charge is 2.19. The van der Waals surface area contributed by atoms with Gasteiger partial charge in [-0.2, -0.15) is 0 Å². The molecule has 2 amide bonds. The Morgan fingerprint density at radius 2 is 1.68 bits per heavy atom. The van der Waals surface area contributed by atoms with Crippen LogP contribution in [-0.4, -0.2) is 29.2 Å². The lowest BCUT2D eigenvalue weighted by Gasteiger charge is -2.18. The highest BCUT2D eigenvalue weighted by atomic mass is 16.4. The number of hydrogen-bond acceptors (Lipinski definition) is 2. The van der Waals surface area contributed by atoms with E-state index in [1.807, 2.05) is 13.8 Å². The standard InChI is InChI=1S/C14H28N2O3/c1-5-7-12(13(17)18)16-14(19)15-11(4)9-6-8-10(2)3/h10-12H,5-9H2,1-4H3,(H,17,18)(H2,15,16,19)/t11?,12-/m1/s1. The van der Waals surface area contributed by atoms with Gasteiger partial charge in [-0.25, -0.2) is 9.59 Å². The van der Waals surface area contributed by atoms with Gasteiger partial charge in [0, 0.05) is 6.04 Å². The molecule has 0 saturated heterocycles. The van der Waals surface area contributed by atoms with Gasteiger partial charge in [-0.3, -0.25) is 0 Å². The second-order valence-corrected chi connectivity index (χ2v) is 5.52. The van der Waals surface area contributed by atoms with Crippen molar-refractivity contribution in [3.8, 4) is 0 Å². The fourth-order valence-electron chi connectivity index (χ4n) is 1.87. The predicted octanol–water partition coefficient (Wildman–Crippen LogP) is 2.75. The number of nitrogens with one attached hydrogen (secondary N) is 2. The third-order valence-electron chi connectivity index (χ3n) is 2.98. The van der Waals surface area contributed by atoms with E-state index < -0.39 is 18.0 Å². The molecule has 5 nitrogen and oxygen atoms in total. The Hall–Kier alpha value is -1.26. The van der Waals surface area contributed by atoms with Gasteiger partial charge in [0.2, 0.25) is 0 Å². The van der Waals surface area contributed by atoms with Gasteiger partial charge in [-0.05, 0) is 25.7 Å². The van der Waals surface area contributed by atoms with Gasteiger partial charge in [0.05, 0.1) is 0 Å². The summed E-state index contributed by atoms with van der Waals surface area (Å²) in [5.41, 5.74) is 0. The van der Waals surface area contributed by atoms with E-state index in [4.69, 9.17) is 5.11 Å². The molecule has 0 aliphatic carbocycles. The monoisotopic (exact) mass is 272 g/mol. The maximum atomic E-state index is 11.7. The van der Waals surface area contributed by atoms with E-state index in [2.05, 4.69) is 24.5 Å². The van der Waals surface area contributed by atoms with Crippen molar-refractivity contribution < 1.29 is 14.7 Å². The van der Waals surface area contributed by atoms with Gasteiger partial charge in [0.1, 0.15) is 6.04 Å². The first-order chi connectivity index (χ1) is 8.86. The van der Waals surface area contributed by atoms with E-state index in [1.165, 1.54) is 0 Å². The summed E-state index contributed by atoms with van der Waals surface area (Å²) in [6.07, 6.45) is 4.29. The first kappa shape index (κ1) is 17.7. The number of urea groups is 1. The lowest BCUT2D eigenvalue weighted by atomic mass is 10.0. The lowest BCUT2D eigenvalue weighted by molar-refractivity contribution is -0.139. The van der Waals surface area contributed by atoms with Crippen LogP contribution in [0.5, 0.6) is 0 Å². The van der Waals surface area contributed by atoms with Crippen molar-refractivity contribution in [1.29, 1.82) is 0 Å². The van der Waals surface area contributed by atoms with Crippen molar-refractivity contribution in [2.24, 2.45) is 5.92 Å². The van der Waals surface area contributed by atoms with Crippen LogP contribution in [0.25, 0.3) is 0 Å². The number of rotatable bonds is 9. The molecule has 0 bridgehead atoms. The molecule has 0 rings (SSSR count). The maximum absolute atomic E-state index is 11.7. The number of amides is 2. The van der Waals surface area contributed by atoms with Crippen LogP contribution in [0.2, 0.25) is 0 Å². The molecule has 2 atom stereocenters. The van der Waals surface area contributed by atoms with Crippen LogP contribution in [0.15, 0.2) is 0 Å². The molecule has 3 N–H and O–H groups in total. The van der Waals surface area contributed by atoms with Gasteiger partial charge < -0.3 is 15.7 Å². The summed E-state index contributed by atoms with van der Waals surface area (Å²) < 4.78 is 0. The van der Waals surface area contributed by atoms with Crippen LogP contribution in [0.1, 0.15) is 59.8 Å². The Bertz CT molecular complexity index is 280. The first-order valence-electron chi connectivity index (χ1n) is 7.16. The molecule has 1 unspecified atom stereocenters. The van der Waals surface area contributed by atoms with Crippen molar-refractivity contribution >= 4 is 12.0 Å². The van der Waals surface area contributed by atoms with E-state index in [1.54, 1.807) is 0 Å². The minimum absolute atomic E-state index is 0.0646. The minimum Gasteiger partial charge on any atom is -0.480 e. The zero-order chi connectivity index (χ0) is 14.8. The quantitative estimate of drug-likeness (QED) is 0.604. The Balaban J connectivity index is 3.97. The molecule has 0 aromatic rings. The molecule has 0 aliphatic heterocycles. The number of carboxylic acid groups (broad SMARTS) is 1. The van der Waals surface area contributed by atoms with E-state index in [0.717, 1.165) is 25.7 Å². The summed E-state index contributed by atoms with van der Waals surface area (Å²) in [4.78, 5) is 22.6. The smallest absolute Gasteiger partial charge is 0.326 e. The zero-order valence-electron chi connectivity index (χ0n) is 12.5. The normalized spacial score (nSPS) is 13.9. The molecule has 0 aromatic heterocycles. The van der Waals surface area contributed by atoms with Crippen molar-refractivity contribution in [2.75, 3.05) is 0 Å². The second kappa shape index (κ2) is 9.64. The second-order valence-electron chi connectivity index (χ2n) is 5.52. The molecule has 0 aromatic carbocycles. The largest absolute Gasteiger partial charge is 0.480 e.